The van der Waals surface area contributed by atoms with Crippen LogP contribution in [0.15, 0.2) is 18.2 Å². The molecule has 0 heterocycles. The first-order valence-corrected chi connectivity index (χ1v) is 6.07. The third-order valence-corrected chi connectivity index (χ3v) is 2.67. The van der Waals surface area contributed by atoms with Gasteiger partial charge in [0.15, 0.2) is 0 Å². The highest BCUT2D eigenvalue weighted by Crippen LogP contribution is 2.23. The zero-order chi connectivity index (χ0) is 15.3. The minimum atomic E-state index is -0.862. The van der Waals surface area contributed by atoms with Gasteiger partial charge >= 0.3 is 5.97 Å². The lowest BCUT2D eigenvalue weighted by atomic mass is 10.1. The number of nitro groups is 1. The molecule has 1 rings (SSSR count). The van der Waals surface area contributed by atoms with Crippen LogP contribution < -0.4 is 5.32 Å². The van der Waals surface area contributed by atoms with E-state index < -0.39 is 16.5 Å². The smallest absolute Gasteiger partial charge is 0.339 e. The summed E-state index contributed by atoms with van der Waals surface area (Å²) in [6, 6.07) is 3.86. The van der Waals surface area contributed by atoms with E-state index >= 15 is 0 Å². The molecule has 0 saturated carbocycles. The SMILES string of the molecule is COC(=O)c1ccc([N+](=O)[O-])cc1NCCC(C)(C)O. The predicted molar refractivity (Wildman–Crippen MR) is 73.8 cm³/mol. The Labute approximate surface area is 116 Å². The molecule has 20 heavy (non-hydrogen) atoms. The first-order valence-electron chi connectivity index (χ1n) is 6.07. The third kappa shape index (κ3) is 4.51. The third-order valence-electron chi connectivity index (χ3n) is 2.67. The molecule has 0 atom stereocenters. The zero-order valence-electron chi connectivity index (χ0n) is 11.7. The van der Waals surface area contributed by atoms with Gasteiger partial charge in [-0.05, 0) is 26.3 Å². The number of nitrogens with one attached hydrogen (secondary N) is 1. The lowest BCUT2D eigenvalue weighted by Gasteiger charge is -2.18. The summed E-state index contributed by atoms with van der Waals surface area (Å²) in [5.74, 6) is -0.578. The highest BCUT2D eigenvalue weighted by atomic mass is 16.6. The minimum Gasteiger partial charge on any atom is -0.465 e. The topological polar surface area (TPSA) is 102 Å². The number of anilines is 1. The second kappa shape index (κ2) is 6.33. The van der Waals surface area contributed by atoms with E-state index in [1.165, 1.54) is 25.3 Å². The molecular formula is C13H18N2O5. The number of esters is 1. The summed E-state index contributed by atoms with van der Waals surface area (Å²) in [5.41, 5.74) is -0.452. The van der Waals surface area contributed by atoms with E-state index in [-0.39, 0.29) is 11.3 Å². The number of nitrogens with zero attached hydrogens (tertiary/aromatic N) is 1. The molecule has 2 N–H and O–H groups in total. The molecule has 7 heteroatoms. The van der Waals surface area contributed by atoms with E-state index in [2.05, 4.69) is 10.1 Å². The largest absolute Gasteiger partial charge is 0.465 e. The van der Waals surface area contributed by atoms with Gasteiger partial charge in [-0.1, -0.05) is 0 Å². The Balaban J connectivity index is 2.96. The van der Waals surface area contributed by atoms with Crippen LogP contribution in [0.5, 0.6) is 0 Å². The monoisotopic (exact) mass is 282 g/mol. The second-order valence-electron chi connectivity index (χ2n) is 4.97. The van der Waals surface area contributed by atoms with Crippen LogP contribution in [0.2, 0.25) is 0 Å². The van der Waals surface area contributed by atoms with Crippen molar-refractivity contribution >= 4 is 17.3 Å². The molecular weight excluding hydrogens is 264 g/mol. The first-order chi connectivity index (χ1) is 9.24. The van der Waals surface area contributed by atoms with Gasteiger partial charge in [0, 0.05) is 18.7 Å². The van der Waals surface area contributed by atoms with Gasteiger partial charge in [0.05, 0.1) is 28.9 Å². The maximum Gasteiger partial charge on any atom is 0.339 e. The van der Waals surface area contributed by atoms with E-state index in [1.54, 1.807) is 13.8 Å². The van der Waals surface area contributed by atoms with E-state index in [4.69, 9.17) is 0 Å². The zero-order valence-corrected chi connectivity index (χ0v) is 11.7. The van der Waals surface area contributed by atoms with Crippen molar-refractivity contribution in [2.45, 2.75) is 25.9 Å². The van der Waals surface area contributed by atoms with Crippen LogP contribution >= 0.6 is 0 Å². The standard InChI is InChI=1S/C13H18N2O5/c1-13(2,17)6-7-14-11-8-9(15(18)19)4-5-10(11)12(16)20-3/h4-5,8,14,17H,6-7H2,1-3H3. The van der Waals surface area contributed by atoms with Gasteiger partial charge in [-0.3, -0.25) is 10.1 Å². The van der Waals surface area contributed by atoms with Crippen LogP contribution in [0, 0.1) is 10.1 Å². The number of methoxy groups -OCH3 is 1. The van der Waals surface area contributed by atoms with Crippen molar-refractivity contribution in [2.75, 3.05) is 19.0 Å². The summed E-state index contributed by atoms with van der Waals surface area (Å²) in [4.78, 5) is 21.8. The van der Waals surface area contributed by atoms with Crippen LogP contribution in [-0.2, 0) is 4.74 Å². The number of aliphatic hydroxyl groups is 1. The van der Waals surface area contributed by atoms with Gasteiger partial charge in [0.2, 0.25) is 0 Å². The number of carbonyl (C=O) groups excluding carboxylic acids is 1. The van der Waals surface area contributed by atoms with Gasteiger partial charge in [-0.15, -0.1) is 0 Å². The maximum atomic E-state index is 11.6. The normalized spacial score (nSPS) is 11.0. The number of non-ortho nitro benzene ring substituents is 1. The molecule has 7 nitrogen and oxygen atoms in total. The fourth-order valence-corrected chi connectivity index (χ4v) is 1.58. The molecule has 1 aromatic rings. The molecule has 0 saturated heterocycles. The quantitative estimate of drug-likeness (QED) is 0.470. The van der Waals surface area contributed by atoms with Gasteiger partial charge in [0.1, 0.15) is 0 Å². The highest BCUT2D eigenvalue weighted by Gasteiger charge is 2.17. The van der Waals surface area contributed by atoms with Crippen LogP contribution in [-0.4, -0.2) is 35.3 Å². The van der Waals surface area contributed by atoms with Crippen molar-refractivity contribution in [1.82, 2.24) is 0 Å². The molecule has 0 aliphatic rings. The Morgan fingerprint density at radius 3 is 2.65 bits per heavy atom. The number of ether oxygens (including phenoxy) is 1. The first kappa shape index (κ1) is 15.9. The lowest BCUT2D eigenvalue weighted by Crippen LogP contribution is -2.23. The summed E-state index contributed by atoms with van der Waals surface area (Å²) >= 11 is 0. The van der Waals surface area contributed by atoms with Crippen LogP contribution in [0.25, 0.3) is 0 Å². The summed E-state index contributed by atoms with van der Waals surface area (Å²) in [6.07, 6.45) is 0.427. The molecule has 0 aromatic heterocycles. The van der Waals surface area contributed by atoms with E-state index in [9.17, 15) is 20.0 Å². The number of hydrogen-bond acceptors (Lipinski definition) is 6. The molecule has 0 radical (unpaired) electrons. The van der Waals surface area contributed by atoms with Gasteiger partial charge < -0.3 is 15.2 Å². The fourth-order valence-electron chi connectivity index (χ4n) is 1.58. The van der Waals surface area contributed by atoms with Crippen LogP contribution in [0.4, 0.5) is 11.4 Å². The van der Waals surface area contributed by atoms with Crippen LogP contribution in [0.1, 0.15) is 30.6 Å². The van der Waals surface area contributed by atoms with Gasteiger partial charge in [-0.25, -0.2) is 4.79 Å². The number of carbonyl (C=O) groups is 1. The van der Waals surface area contributed by atoms with Crippen molar-refractivity contribution in [3.63, 3.8) is 0 Å². The van der Waals surface area contributed by atoms with E-state index in [1.807, 2.05) is 0 Å². The Morgan fingerprint density at radius 2 is 2.15 bits per heavy atom. The summed E-state index contributed by atoms with van der Waals surface area (Å²) in [5, 5.41) is 23.3. The molecule has 0 fully saturated rings. The van der Waals surface area contributed by atoms with Gasteiger partial charge in [0.25, 0.3) is 5.69 Å². The fraction of sp³-hybridized carbons (Fsp3) is 0.462. The average molecular weight is 282 g/mol. The average Bonchev–Trinajstić information content (AvgIpc) is 2.36. The lowest BCUT2D eigenvalue weighted by molar-refractivity contribution is -0.384. The highest BCUT2D eigenvalue weighted by molar-refractivity contribution is 5.96. The Kier molecular flexibility index (Phi) is 5.04. The number of rotatable bonds is 6. The Hall–Kier alpha value is -2.15. The molecule has 0 amide bonds. The number of benzene rings is 1. The Morgan fingerprint density at radius 1 is 1.50 bits per heavy atom. The molecule has 0 spiro atoms. The minimum absolute atomic E-state index is 0.122. The molecule has 110 valence electrons. The van der Waals surface area contributed by atoms with Gasteiger partial charge in [-0.2, -0.15) is 0 Å². The molecule has 0 aliphatic carbocycles. The van der Waals surface area contributed by atoms with Crippen molar-refractivity contribution in [2.24, 2.45) is 0 Å². The predicted octanol–water partition coefficient (Wildman–Crippen LogP) is 1.95. The van der Waals surface area contributed by atoms with Crippen molar-refractivity contribution < 1.29 is 19.6 Å². The molecule has 0 bridgehead atoms. The van der Waals surface area contributed by atoms with Crippen LogP contribution in [0.3, 0.4) is 0 Å². The van der Waals surface area contributed by atoms with E-state index in [0.717, 1.165) is 0 Å². The molecule has 1 aromatic carbocycles. The van der Waals surface area contributed by atoms with Crippen molar-refractivity contribution in [3.05, 3.63) is 33.9 Å². The Bertz CT molecular complexity index is 508. The van der Waals surface area contributed by atoms with Crippen molar-refractivity contribution in [3.8, 4) is 0 Å². The molecule has 0 unspecified atom stereocenters. The summed E-state index contributed by atoms with van der Waals surface area (Å²) < 4.78 is 4.63. The number of hydrogen-bond donors (Lipinski definition) is 2. The summed E-state index contributed by atoms with van der Waals surface area (Å²) in [7, 11) is 1.24. The second-order valence-corrected chi connectivity index (χ2v) is 4.97. The summed E-state index contributed by atoms with van der Waals surface area (Å²) in [6.45, 7) is 3.68. The maximum absolute atomic E-state index is 11.6. The van der Waals surface area contributed by atoms with E-state index in [0.29, 0.717) is 18.7 Å². The number of nitro benzene ring substituents is 1. The van der Waals surface area contributed by atoms with Crippen molar-refractivity contribution in [1.29, 1.82) is 0 Å². The molecule has 0 aliphatic heterocycles.